The maximum Gasteiger partial charge on any atom is 0.254 e. The zero-order valence-electron chi connectivity index (χ0n) is 15.9. The van der Waals surface area contributed by atoms with E-state index in [0.29, 0.717) is 23.7 Å². The summed E-state index contributed by atoms with van der Waals surface area (Å²) in [5.41, 5.74) is 0.344. The molecule has 0 spiro atoms. The van der Waals surface area contributed by atoms with Crippen LogP contribution in [0.2, 0.25) is 0 Å². The number of hydrogen-bond donors (Lipinski definition) is 2. The number of nitrogens with zero attached hydrogens (tertiary/aromatic N) is 2. The maximum absolute atomic E-state index is 13.1. The highest BCUT2D eigenvalue weighted by atomic mass is 19.1. The lowest BCUT2D eigenvalue weighted by atomic mass is 10.2. The van der Waals surface area contributed by atoms with E-state index in [1.54, 1.807) is 13.0 Å². The van der Waals surface area contributed by atoms with Crippen molar-refractivity contribution in [2.24, 2.45) is 0 Å². The Labute approximate surface area is 158 Å². The second-order valence-corrected chi connectivity index (χ2v) is 6.31. The molecular formula is C19H26FN4O3+. The molecule has 1 aromatic heterocycles. The fraction of sp³-hybridized carbons (Fsp3) is 0.421. The Hall–Kier alpha value is -2.74. The first-order chi connectivity index (χ1) is 12.9. The van der Waals surface area contributed by atoms with Gasteiger partial charge in [-0.1, -0.05) is 5.16 Å². The number of halogens is 1. The van der Waals surface area contributed by atoms with Gasteiger partial charge in [-0.15, -0.1) is 0 Å². The van der Waals surface area contributed by atoms with Gasteiger partial charge in [0.1, 0.15) is 18.1 Å². The molecule has 0 aliphatic rings. The molecule has 1 aromatic carbocycles. The number of aromatic nitrogens is 1. The predicted molar refractivity (Wildman–Crippen MR) is 99.1 cm³/mol. The third kappa shape index (κ3) is 6.18. The molecule has 2 aromatic rings. The molecule has 0 bridgehead atoms. The smallest absolute Gasteiger partial charge is 0.254 e. The van der Waals surface area contributed by atoms with E-state index in [1.807, 2.05) is 0 Å². The van der Waals surface area contributed by atoms with Gasteiger partial charge >= 0.3 is 0 Å². The fourth-order valence-corrected chi connectivity index (χ4v) is 2.71. The molecule has 2 rings (SSSR count). The summed E-state index contributed by atoms with van der Waals surface area (Å²) in [7, 11) is 0. The van der Waals surface area contributed by atoms with Crippen LogP contribution in [0.4, 0.5) is 10.2 Å². The number of nitrogens with one attached hydrogen (secondary N) is 2. The van der Waals surface area contributed by atoms with Gasteiger partial charge in [-0.2, -0.15) is 0 Å². The van der Waals surface area contributed by atoms with E-state index >= 15 is 0 Å². The molecule has 0 radical (unpaired) electrons. The molecule has 0 fully saturated rings. The normalized spacial score (nSPS) is 10.9. The van der Waals surface area contributed by atoms with E-state index in [4.69, 9.17) is 4.52 Å². The van der Waals surface area contributed by atoms with Gasteiger partial charge in [-0.3, -0.25) is 9.59 Å². The standard InChI is InChI=1S/C19H25FN4O3/c1-4-23(5-2)10-11-24(19(26)15-6-8-16(20)9-7-15)13-18(25)21-17-12-14(3)27-22-17/h6-9,12H,4-5,10-11,13H2,1-3H3,(H,21,22,25)/p+1. The van der Waals surface area contributed by atoms with Gasteiger partial charge in [0.05, 0.1) is 26.2 Å². The van der Waals surface area contributed by atoms with Crippen LogP contribution in [0.5, 0.6) is 0 Å². The number of aryl methyl sites for hydroxylation is 1. The molecule has 8 heteroatoms. The minimum atomic E-state index is -0.412. The zero-order valence-corrected chi connectivity index (χ0v) is 15.9. The molecule has 7 nitrogen and oxygen atoms in total. The zero-order chi connectivity index (χ0) is 19.8. The number of rotatable bonds is 9. The number of likely N-dealkylation sites (N-methyl/N-ethyl adjacent to an activating group) is 1. The van der Waals surface area contributed by atoms with Crippen molar-refractivity contribution in [2.75, 3.05) is 38.0 Å². The van der Waals surface area contributed by atoms with Crippen LogP contribution >= 0.6 is 0 Å². The van der Waals surface area contributed by atoms with Crippen LogP contribution in [0.15, 0.2) is 34.9 Å². The largest absolute Gasteiger partial charge is 0.360 e. The molecule has 0 saturated carbocycles. The number of amides is 2. The molecule has 146 valence electrons. The summed E-state index contributed by atoms with van der Waals surface area (Å²) in [4.78, 5) is 28.0. The predicted octanol–water partition coefficient (Wildman–Crippen LogP) is 1.13. The van der Waals surface area contributed by atoms with Crippen molar-refractivity contribution in [3.05, 3.63) is 47.5 Å². The van der Waals surface area contributed by atoms with E-state index in [2.05, 4.69) is 24.3 Å². The Balaban J connectivity index is 2.08. The van der Waals surface area contributed by atoms with E-state index in [1.165, 1.54) is 34.1 Å². The van der Waals surface area contributed by atoms with E-state index < -0.39 is 5.82 Å². The van der Waals surface area contributed by atoms with Gasteiger partial charge in [0, 0.05) is 11.6 Å². The van der Waals surface area contributed by atoms with Gasteiger partial charge in [0.25, 0.3) is 5.91 Å². The summed E-state index contributed by atoms with van der Waals surface area (Å²) in [5.74, 6) is -0.207. The number of hydrogen-bond acceptors (Lipinski definition) is 4. The van der Waals surface area contributed by atoms with E-state index in [-0.39, 0.29) is 18.4 Å². The Kier molecular flexibility index (Phi) is 7.48. The first-order valence-electron chi connectivity index (χ1n) is 9.04. The monoisotopic (exact) mass is 377 g/mol. The third-order valence-corrected chi connectivity index (χ3v) is 4.34. The van der Waals surface area contributed by atoms with Gasteiger partial charge in [-0.05, 0) is 45.0 Å². The number of anilines is 1. The average molecular weight is 377 g/mol. The van der Waals surface area contributed by atoms with Crippen molar-refractivity contribution in [2.45, 2.75) is 20.8 Å². The van der Waals surface area contributed by atoms with Crippen molar-refractivity contribution in [1.82, 2.24) is 10.1 Å². The van der Waals surface area contributed by atoms with Crippen LogP contribution in [-0.4, -0.2) is 54.6 Å². The summed E-state index contributed by atoms with van der Waals surface area (Å²) < 4.78 is 18.1. The Bertz CT molecular complexity index is 757. The van der Waals surface area contributed by atoms with Crippen molar-refractivity contribution in [3.8, 4) is 0 Å². The molecule has 2 N–H and O–H groups in total. The quantitative estimate of drug-likeness (QED) is 0.687. The second-order valence-electron chi connectivity index (χ2n) is 6.31. The van der Waals surface area contributed by atoms with E-state index in [9.17, 15) is 14.0 Å². The van der Waals surface area contributed by atoms with Crippen molar-refractivity contribution >= 4 is 17.6 Å². The highest BCUT2D eigenvalue weighted by Crippen LogP contribution is 2.09. The minimum absolute atomic E-state index is 0.122. The summed E-state index contributed by atoms with van der Waals surface area (Å²) in [5, 5.41) is 6.34. The second kappa shape index (κ2) is 9.82. The van der Waals surface area contributed by atoms with Gasteiger partial charge in [0.15, 0.2) is 5.82 Å². The SMILES string of the molecule is CC[NH+](CC)CCN(CC(=O)Nc1cc(C)on1)C(=O)c1ccc(F)cc1. The fourth-order valence-electron chi connectivity index (χ4n) is 2.71. The lowest BCUT2D eigenvalue weighted by molar-refractivity contribution is -0.895. The Morgan fingerprint density at radius 1 is 1.22 bits per heavy atom. The molecule has 0 saturated heterocycles. The molecule has 27 heavy (non-hydrogen) atoms. The number of quaternary nitrogens is 1. The molecule has 0 aliphatic heterocycles. The molecule has 0 atom stereocenters. The summed E-state index contributed by atoms with van der Waals surface area (Å²) in [6.07, 6.45) is 0. The Morgan fingerprint density at radius 2 is 1.89 bits per heavy atom. The number of benzene rings is 1. The summed E-state index contributed by atoms with van der Waals surface area (Å²) in [6, 6.07) is 6.92. The Morgan fingerprint density at radius 3 is 2.44 bits per heavy atom. The van der Waals surface area contributed by atoms with Crippen LogP contribution in [0.25, 0.3) is 0 Å². The van der Waals surface area contributed by atoms with Crippen molar-refractivity contribution in [1.29, 1.82) is 0 Å². The number of carbonyl (C=O) groups is 2. The van der Waals surface area contributed by atoms with Crippen LogP contribution in [0, 0.1) is 12.7 Å². The van der Waals surface area contributed by atoms with E-state index in [0.717, 1.165) is 19.6 Å². The molecule has 0 aliphatic carbocycles. The molecule has 2 amide bonds. The lowest BCUT2D eigenvalue weighted by Gasteiger charge is -2.24. The molecule has 1 heterocycles. The van der Waals surface area contributed by atoms with Gasteiger partial charge in [0.2, 0.25) is 5.91 Å². The first-order valence-corrected chi connectivity index (χ1v) is 9.04. The lowest BCUT2D eigenvalue weighted by Crippen LogP contribution is -3.12. The average Bonchev–Trinajstić information content (AvgIpc) is 3.06. The summed E-state index contributed by atoms with van der Waals surface area (Å²) in [6.45, 7) is 8.74. The van der Waals surface area contributed by atoms with Gasteiger partial charge < -0.3 is 19.6 Å². The van der Waals surface area contributed by atoms with Crippen molar-refractivity contribution in [3.63, 3.8) is 0 Å². The highest BCUT2D eigenvalue weighted by molar-refractivity contribution is 5.99. The summed E-state index contributed by atoms with van der Waals surface area (Å²) >= 11 is 0. The molecular weight excluding hydrogens is 351 g/mol. The third-order valence-electron chi connectivity index (χ3n) is 4.34. The van der Waals surface area contributed by atoms with Gasteiger partial charge in [-0.25, -0.2) is 4.39 Å². The van der Waals surface area contributed by atoms with Crippen LogP contribution in [-0.2, 0) is 4.79 Å². The number of carbonyl (C=O) groups excluding carboxylic acids is 2. The van der Waals surface area contributed by atoms with Crippen molar-refractivity contribution < 1.29 is 23.4 Å². The minimum Gasteiger partial charge on any atom is -0.360 e. The first kappa shape index (κ1) is 20.6. The van der Waals surface area contributed by atoms with Crippen LogP contribution in [0.3, 0.4) is 0 Å². The molecule has 0 unspecified atom stereocenters. The topological polar surface area (TPSA) is 79.9 Å². The van der Waals surface area contributed by atoms with Crippen LogP contribution < -0.4 is 10.2 Å². The van der Waals surface area contributed by atoms with Crippen LogP contribution in [0.1, 0.15) is 30.0 Å². The highest BCUT2D eigenvalue weighted by Gasteiger charge is 2.21. The maximum atomic E-state index is 13.1.